The summed E-state index contributed by atoms with van der Waals surface area (Å²) in [5.41, 5.74) is 1.55. The Bertz CT molecular complexity index is 1510. The van der Waals surface area contributed by atoms with E-state index in [9.17, 15) is 19.8 Å². The number of phenols is 1. The van der Waals surface area contributed by atoms with Gasteiger partial charge in [-0.3, -0.25) is 14.5 Å². The Kier molecular flexibility index (Phi) is 5.70. The van der Waals surface area contributed by atoms with Crippen LogP contribution in [0.5, 0.6) is 11.5 Å². The molecular formula is C27H21ClN2O5. The predicted octanol–water partition coefficient (Wildman–Crippen LogP) is 5.55. The minimum Gasteiger partial charge on any atom is -0.507 e. The SMILES string of the molecule is CCOc1ccc(Cl)c(/C(O)=C2\C(=O)C(=O)N(c3ccccc3O)C2c2c[nH]c3ccccc23)c1. The molecule has 1 atom stereocenters. The first-order valence-corrected chi connectivity index (χ1v) is 11.4. The first-order chi connectivity index (χ1) is 16.9. The third-order valence-electron chi connectivity index (χ3n) is 6.01. The number of aromatic amines is 1. The fourth-order valence-corrected chi connectivity index (χ4v) is 4.66. The van der Waals surface area contributed by atoms with Crippen LogP contribution in [-0.2, 0) is 9.59 Å². The van der Waals surface area contributed by atoms with Gasteiger partial charge in [0.15, 0.2) is 0 Å². The Labute approximate surface area is 205 Å². The summed E-state index contributed by atoms with van der Waals surface area (Å²) in [6, 6.07) is 17.4. The summed E-state index contributed by atoms with van der Waals surface area (Å²) in [5, 5.41) is 22.9. The van der Waals surface area contributed by atoms with Gasteiger partial charge in [0.2, 0.25) is 0 Å². The summed E-state index contributed by atoms with van der Waals surface area (Å²) in [7, 11) is 0. The van der Waals surface area contributed by atoms with E-state index in [1.807, 2.05) is 31.2 Å². The highest BCUT2D eigenvalue weighted by Gasteiger charge is 2.48. The quantitative estimate of drug-likeness (QED) is 0.194. The van der Waals surface area contributed by atoms with Crippen LogP contribution in [-0.4, -0.2) is 33.5 Å². The van der Waals surface area contributed by atoms with Crippen molar-refractivity contribution in [3.8, 4) is 11.5 Å². The van der Waals surface area contributed by atoms with Crippen LogP contribution in [0.1, 0.15) is 24.1 Å². The molecule has 3 aromatic carbocycles. The van der Waals surface area contributed by atoms with Crippen LogP contribution in [0.3, 0.4) is 0 Å². The van der Waals surface area contributed by atoms with Crippen LogP contribution >= 0.6 is 11.6 Å². The summed E-state index contributed by atoms with van der Waals surface area (Å²) >= 11 is 6.39. The number of carbonyl (C=O) groups excluding carboxylic acids is 2. The lowest BCUT2D eigenvalue weighted by Crippen LogP contribution is -2.29. The van der Waals surface area contributed by atoms with Crippen molar-refractivity contribution in [2.45, 2.75) is 13.0 Å². The molecule has 4 aromatic rings. The third kappa shape index (κ3) is 3.70. The molecule has 1 unspecified atom stereocenters. The minimum atomic E-state index is -1.02. The molecule has 1 fully saturated rings. The van der Waals surface area contributed by atoms with Crippen LogP contribution in [0, 0.1) is 0 Å². The molecule has 0 saturated carbocycles. The Morgan fingerprint density at radius 2 is 1.83 bits per heavy atom. The third-order valence-corrected chi connectivity index (χ3v) is 6.34. The van der Waals surface area contributed by atoms with Crippen LogP contribution in [0.4, 0.5) is 5.69 Å². The molecule has 2 heterocycles. The predicted molar refractivity (Wildman–Crippen MR) is 134 cm³/mol. The highest BCUT2D eigenvalue weighted by atomic mass is 35.5. The number of aromatic hydroxyl groups is 1. The van der Waals surface area contributed by atoms with Crippen LogP contribution < -0.4 is 9.64 Å². The fraction of sp³-hybridized carbons (Fsp3) is 0.111. The number of aromatic nitrogens is 1. The van der Waals surface area contributed by atoms with Crippen molar-refractivity contribution in [2.75, 3.05) is 11.5 Å². The molecule has 0 spiro atoms. The van der Waals surface area contributed by atoms with E-state index in [1.165, 1.54) is 17.0 Å². The van der Waals surface area contributed by atoms with Gasteiger partial charge in [0.25, 0.3) is 11.7 Å². The van der Waals surface area contributed by atoms with Gasteiger partial charge in [-0.15, -0.1) is 0 Å². The number of benzene rings is 3. The molecule has 3 N–H and O–H groups in total. The number of Topliss-reactive ketones (excluding diaryl/α,β-unsaturated/α-hetero) is 1. The molecule has 1 saturated heterocycles. The zero-order valence-electron chi connectivity index (χ0n) is 18.7. The molecule has 1 amide bonds. The maximum atomic E-state index is 13.4. The second-order valence-electron chi connectivity index (χ2n) is 8.02. The highest BCUT2D eigenvalue weighted by Crippen LogP contribution is 2.47. The number of H-pyrrole nitrogens is 1. The van der Waals surface area contributed by atoms with E-state index in [2.05, 4.69) is 4.98 Å². The molecule has 35 heavy (non-hydrogen) atoms. The number of amides is 1. The Morgan fingerprint density at radius 3 is 2.60 bits per heavy atom. The smallest absolute Gasteiger partial charge is 0.300 e. The number of nitrogens with zero attached hydrogens (tertiary/aromatic N) is 1. The van der Waals surface area contributed by atoms with Crippen molar-refractivity contribution in [2.24, 2.45) is 0 Å². The number of ketones is 1. The lowest BCUT2D eigenvalue weighted by atomic mass is 9.94. The standard InChI is InChI=1S/C27H21ClN2O5/c1-2-35-15-11-12-19(28)17(13-15)25(32)23-24(18-14-29-20-8-4-3-7-16(18)20)30(27(34)26(23)33)21-9-5-6-10-22(21)31/h3-14,24,29,31-32H,2H2,1H3/b25-23+. The number of para-hydroxylation sites is 3. The number of phenolic OH excluding ortho intramolecular Hbond substituents is 1. The lowest BCUT2D eigenvalue weighted by Gasteiger charge is -2.25. The number of fused-ring (bicyclic) bond motifs is 1. The van der Waals surface area contributed by atoms with E-state index >= 15 is 0 Å². The molecule has 8 heteroatoms. The molecule has 176 valence electrons. The fourth-order valence-electron chi connectivity index (χ4n) is 4.45. The molecule has 7 nitrogen and oxygen atoms in total. The van der Waals surface area contributed by atoms with Crippen LogP contribution in [0.15, 0.2) is 78.5 Å². The van der Waals surface area contributed by atoms with Crippen LogP contribution in [0.2, 0.25) is 5.02 Å². The summed E-state index contributed by atoms with van der Waals surface area (Å²) in [5.74, 6) is -1.91. The number of aliphatic hydroxyl groups is 1. The second kappa shape index (κ2) is 8.85. The zero-order valence-corrected chi connectivity index (χ0v) is 19.4. The van der Waals surface area contributed by atoms with Crippen molar-refractivity contribution in [1.82, 2.24) is 4.98 Å². The number of aliphatic hydroxyl groups excluding tert-OH is 1. The monoisotopic (exact) mass is 488 g/mol. The van der Waals surface area contributed by atoms with Gasteiger partial charge < -0.3 is 19.9 Å². The molecule has 1 aromatic heterocycles. The molecule has 0 bridgehead atoms. The molecule has 5 rings (SSSR count). The van der Waals surface area contributed by atoms with Crippen molar-refractivity contribution in [1.29, 1.82) is 0 Å². The van der Waals surface area contributed by atoms with Gasteiger partial charge in [-0.25, -0.2) is 0 Å². The van der Waals surface area contributed by atoms with Crippen molar-refractivity contribution >= 4 is 45.6 Å². The van der Waals surface area contributed by atoms with Gasteiger partial charge in [0.05, 0.1) is 28.9 Å². The number of carbonyl (C=O) groups is 2. The molecular weight excluding hydrogens is 468 g/mol. The second-order valence-corrected chi connectivity index (χ2v) is 8.43. The van der Waals surface area contributed by atoms with E-state index < -0.39 is 23.5 Å². The number of halogens is 1. The highest BCUT2D eigenvalue weighted by molar-refractivity contribution is 6.52. The van der Waals surface area contributed by atoms with E-state index in [0.717, 1.165) is 10.9 Å². The number of hydrogen-bond donors (Lipinski definition) is 3. The maximum absolute atomic E-state index is 13.4. The first-order valence-electron chi connectivity index (χ1n) is 11.0. The average Bonchev–Trinajstić information content (AvgIpc) is 3.39. The summed E-state index contributed by atoms with van der Waals surface area (Å²) in [4.78, 5) is 31.1. The van der Waals surface area contributed by atoms with E-state index in [-0.39, 0.29) is 27.6 Å². The zero-order chi connectivity index (χ0) is 24.7. The molecule has 1 aliphatic rings. The Morgan fingerprint density at radius 1 is 1.09 bits per heavy atom. The van der Waals surface area contributed by atoms with Gasteiger partial charge in [0.1, 0.15) is 17.3 Å². The van der Waals surface area contributed by atoms with E-state index in [0.29, 0.717) is 17.9 Å². The molecule has 0 aliphatic carbocycles. The van der Waals surface area contributed by atoms with Crippen molar-refractivity contribution < 1.29 is 24.5 Å². The number of ether oxygens (including phenoxy) is 1. The number of anilines is 1. The normalized spacial score (nSPS) is 17.3. The molecule has 1 aliphatic heterocycles. The minimum absolute atomic E-state index is 0.140. The largest absolute Gasteiger partial charge is 0.507 e. The summed E-state index contributed by atoms with van der Waals surface area (Å²) in [6.07, 6.45) is 1.69. The number of nitrogens with one attached hydrogen (secondary N) is 1. The lowest BCUT2D eigenvalue weighted by molar-refractivity contribution is -0.132. The van der Waals surface area contributed by atoms with Gasteiger partial charge in [0, 0.05) is 28.2 Å². The van der Waals surface area contributed by atoms with E-state index in [4.69, 9.17) is 16.3 Å². The number of rotatable bonds is 5. The number of hydrogen-bond acceptors (Lipinski definition) is 5. The van der Waals surface area contributed by atoms with Gasteiger partial charge >= 0.3 is 0 Å². The Hall–Kier alpha value is -4.23. The molecule has 0 radical (unpaired) electrons. The summed E-state index contributed by atoms with van der Waals surface area (Å²) in [6.45, 7) is 2.22. The Balaban J connectivity index is 1.80. The van der Waals surface area contributed by atoms with Gasteiger partial charge in [-0.2, -0.15) is 0 Å². The van der Waals surface area contributed by atoms with Gasteiger partial charge in [-0.1, -0.05) is 41.9 Å². The van der Waals surface area contributed by atoms with Crippen molar-refractivity contribution in [3.63, 3.8) is 0 Å². The maximum Gasteiger partial charge on any atom is 0.300 e. The van der Waals surface area contributed by atoms with E-state index in [1.54, 1.807) is 36.5 Å². The average molecular weight is 489 g/mol. The summed E-state index contributed by atoms with van der Waals surface area (Å²) < 4.78 is 5.53. The van der Waals surface area contributed by atoms with Crippen LogP contribution in [0.25, 0.3) is 16.7 Å². The van der Waals surface area contributed by atoms with Gasteiger partial charge in [-0.05, 0) is 43.3 Å². The van der Waals surface area contributed by atoms with Crippen molar-refractivity contribution in [3.05, 3.63) is 94.6 Å². The first kappa shape index (κ1) is 22.6. The topological polar surface area (TPSA) is 103 Å².